The smallest absolute Gasteiger partial charge is 0.333 e. The van der Waals surface area contributed by atoms with Crippen molar-refractivity contribution in [2.45, 2.75) is 25.9 Å². The van der Waals surface area contributed by atoms with Crippen LogP contribution in [0.15, 0.2) is 11.6 Å². The van der Waals surface area contributed by atoms with E-state index in [1.807, 2.05) is 6.92 Å². The Labute approximate surface area is 65.3 Å². The predicted molar refractivity (Wildman–Crippen MR) is 40.1 cm³/mol. The van der Waals surface area contributed by atoms with Crippen LogP contribution in [0.5, 0.6) is 0 Å². The van der Waals surface area contributed by atoms with Gasteiger partial charge in [-0.2, -0.15) is 0 Å². The number of aliphatic hydroxyl groups excluding tert-OH is 1. The zero-order valence-corrected chi connectivity index (χ0v) is 6.45. The highest BCUT2D eigenvalue weighted by Gasteiger charge is 2.23. The van der Waals surface area contributed by atoms with Crippen molar-refractivity contribution in [2.75, 3.05) is 0 Å². The van der Waals surface area contributed by atoms with Crippen molar-refractivity contribution in [2.24, 2.45) is 5.92 Å². The van der Waals surface area contributed by atoms with Gasteiger partial charge in [0, 0.05) is 0 Å². The lowest BCUT2D eigenvalue weighted by atomic mass is 9.89. The largest absolute Gasteiger partial charge is 0.478 e. The lowest BCUT2D eigenvalue weighted by molar-refractivity contribution is -0.134. The van der Waals surface area contributed by atoms with Crippen molar-refractivity contribution in [3.05, 3.63) is 11.6 Å². The van der Waals surface area contributed by atoms with Gasteiger partial charge in [-0.15, -0.1) is 0 Å². The molecule has 0 amide bonds. The Morgan fingerprint density at radius 3 is 2.82 bits per heavy atom. The molecule has 0 bridgehead atoms. The normalized spacial score (nSPS) is 31.3. The second-order valence-electron chi connectivity index (χ2n) is 3.06. The molecule has 3 heteroatoms. The Kier molecular flexibility index (Phi) is 2.29. The summed E-state index contributed by atoms with van der Waals surface area (Å²) >= 11 is 0. The van der Waals surface area contributed by atoms with Crippen LogP contribution in [-0.2, 0) is 4.79 Å². The van der Waals surface area contributed by atoms with Gasteiger partial charge in [0.2, 0.25) is 0 Å². The highest BCUT2D eigenvalue weighted by Crippen LogP contribution is 2.23. The molecule has 0 aromatic heterocycles. The fraction of sp³-hybridized carbons (Fsp3) is 0.625. The third-order valence-corrected chi connectivity index (χ3v) is 1.97. The van der Waals surface area contributed by atoms with E-state index < -0.39 is 12.1 Å². The summed E-state index contributed by atoms with van der Waals surface area (Å²) in [7, 11) is 0. The Balaban J connectivity index is 2.72. The van der Waals surface area contributed by atoms with Crippen LogP contribution in [0.4, 0.5) is 0 Å². The molecule has 0 unspecified atom stereocenters. The van der Waals surface area contributed by atoms with Crippen molar-refractivity contribution in [3.63, 3.8) is 0 Å². The van der Waals surface area contributed by atoms with Gasteiger partial charge in [0.15, 0.2) is 0 Å². The van der Waals surface area contributed by atoms with Gasteiger partial charge < -0.3 is 10.2 Å². The number of carboxylic acids is 1. The summed E-state index contributed by atoms with van der Waals surface area (Å²) in [4.78, 5) is 10.4. The van der Waals surface area contributed by atoms with E-state index in [0.29, 0.717) is 12.3 Å². The van der Waals surface area contributed by atoms with Gasteiger partial charge in [-0.05, 0) is 18.8 Å². The fourth-order valence-corrected chi connectivity index (χ4v) is 1.30. The Hall–Kier alpha value is -0.830. The van der Waals surface area contributed by atoms with Gasteiger partial charge in [-0.3, -0.25) is 0 Å². The Bertz CT molecular complexity index is 196. The first-order valence-corrected chi connectivity index (χ1v) is 3.72. The van der Waals surface area contributed by atoms with Crippen molar-refractivity contribution < 1.29 is 15.0 Å². The van der Waals surface area contributed by atoms with Crippen molar-refractivity contribution in [1.82, 2.24) is 0 Å². The van der Waals surface area contributed by atoms with Crippen molar-refractivity contribution in [1.29, 1.82) is 0 Å². The summed E-state index contributed by atoms with van der Waals surface area (Å²) in [5, 5.41) is 17.8. The molecule has 0 heterocycles. The molecule has 11 heavy (non-hydrogen) atoms. The Morgan fingerprint density at radius 2 is 2.36 bits per heavy atom. The van der Waals surface area contributed by atoms with Gasteiger partial charge in [0.1, 0.15) is 0 Å². The summed E-state index contributed by atoms with van der Waals surface area (Å²) in [6.45, 7) is 2.00. The average Bonchev–Trinajstić information content (AvgIpc) is 1.85. The molecule has 1 aliphatic rings. The summed E-state index contributed by atoms with van der Waals surface area (Å²) < 4.78 is 0. The number of carbonyl (C=O) groups is 1. The first-order valence-electron chi connectivity index (χ1n) is 3.72. The van der Waals surface area contributed by atoms with Crippen LogP contribution in [0.25, 0.3) is 0 Å². The first kappa shape index (κ1) is 8.27. The number of aliphatic hydroxyl groups is 1. The minimum absolute atomic E-state index is 0.156. The number of rotatable bonds is 1. The first-order chi connectivity index (χ1) is 5.11. The van der Waals surface area contributed by atoms with E-state index >= 15 is 0 Å². The third-order valence-electron chi connectivity index (χ3n) is 1.97. The number of allylic oxidation sites excluding steroid dienone is 1. The lowest BCUT2D eigenvalue weighted by Crippen LogP contribution is -2.23. The molecule has 0 saturated carbocycles. The molecule has 0 spiro atoms. The molecule has 0 aromatic carbocycles. The van der Waals surface area contributed by atoms with E-state index in [1.165, 1.54) is 0 Å². The predicted octanol–water partition coefficient (Wildman–Crippen LogP) is 0.788. The molecular formula is C8H12O3. The van der Waals surface area contributed by atoms with Crippen LogP contribution in [0.2, 0.25) is 0 Å². The van der Waals surface area contributed by atoms with E-state index in [2.05, 4.69) is 0 Å². The number of hydrogen-bond acceptors (Lipinski definition) is 2. The van der Waals surface area contributed by atoms with Gasteiger partial charge in [0.25, 0.3) is 0 Å². The summed E-state index contributed by atoms with van der Waals surface area (Å²) in [5.74, 6) is -0.600. The van der Waals surface area contributed by atoms with Crippen molar-refractivity contribution >= 4 is 5.97 Å². The molecule has 0 aliphatic heterocycles. The minimum atomic E-state index is -0.996. The molecule has 1 rings (SSSR count). The molecule has 3 nitrogen and oxygen atoms in total. The fourth-order valence-electron chi connectivity index (χ4n) is 1.30. The third kappa shape index (κ3) is 1.80. The zero-order valence-electron chi connectivity index (χ0n) is 6.45. The number of aliphatic carboxylic acids is 1. The molecule has 2 N–H and O–H groups in total. The maximum Gasteiger partial charge on any atom is 0.333 e. The Morgan fingerprint density at radius 1 is 1.73 bits per heavy atom. The second-order valence-corrected chi connectivity index (χ2v) is 3.06. The monoisotopic (exact) mass is 156 g/mol. The van der Waals surface area contributed by atoms with Crippen LogP contribution in [0.1, 0.15) is 19.8 Å². The van der Waals surface area contributed by atoms with Gasteiger partial charge >= 0.3 is 5.97 Å². The molecule has 0 radical (unpaired) electrons. The van der Waals surface area contributed by atoms with Crippen molar-refractivity contribution in [3.8, 4) is 0 Å². The summed E-state index contributed by atoms with van der Waals surface area (Å²) in [5.41, 5.74) is 0.156. The number of carboxylic acid groups (broad SMARTS) is 1. The topological polar surface area (TPSA) is 57.5 Å². The molecule has 1 aliphatic carbocycles. The standard InChI is InChI=1S/C8H12O3/c1-5-2-3-6(8(10)11)7(9)4-5/h3,5,7,9H,2,4H2,1H3,(H,10,11)/t5-,7+/m1/s1. The maximum atomic E-state index is 10.4. The van der Waals surface area contributed by atoms with Gasteiger partial charge in [-0.1, -0.05) is 13.0 Å². The average molecular weight is 156 g/mol. The molecule has 0 aromatic rings. The molecular weight excluding hydrogens is 144 g/mol. The highest BCUT2D eigenvalue weighted by molar-refractivity contribution is 5.87. The maximum absolute atomic E-state index is 10.4. The quantitative estimate of drug-likeness (QED) is 0.590. The van der Waals surface area contributed by atoms with Crippen LogP contribution < -0.4 is 0 Å². The second kappa shape index (κ2) is 3.05. The van der Waals surface area contributed by atoms with Crippen LogP contribution in [-0.4, -0.2) is 22.3 Å². The zero-order chi connectivity index (χ0) is 8.43. The van der Waals surface area contributed by atoms with Gasteiger partial charge in [0.05, 0.1) is 11.7 Å². The summed E-state index contributed by atoms with van der Waals surface area (Å²) in [6, 6.07) is 0. The van der Waals surface area contributed by atoms with E-state index in [-0.39, 0.29) is 5.57 Å². The van der Waals surface area contributed by atoms with E-state index in [0.717, 1.165) is 6.42 Å². The lowest BCUT2D eigenvalue weighted by Gasteiger charge is -2.21. The molecule has 0 fully saturated rings. The van der Waals surface area contributed by atoms with Crippen LogP contribution in [0.3, 0.4) is 0 Å². The van der Waals surface area contributed by atoms with E-state index in [1.54, 1.807) is 6.08 Å². The SMILES string of the molecule is C[C@@H]1CC=C(C(=O)O)[C@@H](O)C1. The molecule has 0 saturated heterocycles. The van der Waals surface area contributed by atoms with Gasteiger partial charge in [-0.25, -0.2) is 4.79 Å². The molecule has 2 atom stereocenters. The summed E-state index contributed by atoms with van der Waals surface area (Å²) in [6.07, 6.45) is 2.18. The van der Waals surface area contributed by atoms with E-state index in [9.17, 15) is 9.90 Å². The molecule has 62 valence electrons. The number of hydrogen-bond donors (Lipinski definition) is 2. The van der Waals surface area contributed by atoms with Crippen LogP contribution in [0, 0.1) is 5.92 Å². The highest BCUT2D eigenvalue weighted by atomic mass is 16.4. The van der Waals surface area contributed by atoms with Crippen LogP contribution >= 0.6 is 0 Å². The van der Waals surface area contributed by atoms with E-state index in [4.69, 9.17) is 5.11 Å². The minimum Gasteiger partial charge on any atom is -0.478 e.